The molecule has 0 fully saturated rings. The van der Waals surface area contributed by atoms with Gasteiger partial charge in [-0.05, 0) is 87.6 Å². The molecule has 1 aromatic heterocycles. The van der Waals surface area contributed by atoms with Crippen LogP contribution in [-0.2, 0) is 0 Å². The molecule has 0 N–H and O–H groups in total. The molecule has 0 aliphatic rings. The summed E-state index contributed by atoms with van der Waals surface area (Å²) in [5.74, 6) is 0. The van der Waals surface area contributed by atoms with Crippen molar-refractivity contribution in [1.82, 2.24) is 4.57 Å². The number of benzene rings is 9. The first-order chi connectivity index (χ1) is 27.9. The maximum atomic E-state index is 8.53. The molecule has 0 aliphatic carbocycles. The summed E-state index contributed by atoms with van der Waals surface area (Å²) in [7, 11) is 0. The molecule has 52 heavy (non-hydrogen) atoms. The molecular formula is C50H34N2. The summed E-state index contributed by atoms with van der Waals surface area (Å²) in [4.78, 5) is 2.21. The van der Waals surface area contributed by atoms with Crippen molar-refractivity contribution in [3.63, 3.8) is 0 Å². The van der Waals surface area contributed by atoms with Crippen LogP contribution in [0.25, 0.3) is 71.3 Å². The molecule has 0 aliphatic heterocycles. The van der Waals surface area contributed by atoms with E-state index >= 15 is 0 Å². The highest BCUT2D eigenvalue weighted by atomic mass is 15.1. The lowest BCUT2D eigenvalue weighted by Gasteiger charge is -2.27. The predicted octanol–water partition coefficient (Wildman–Crippen LogP) is 13.9. The topological polar surface area (TPSA) is 8.17 Å². The van der Waals surface area contributed by atoms with Crippen LogP contribution in [0.4, 0.5) is 17.1 Å². The third kappa shape index (κ3) is 4.96. The van der Waals surface area contributed by atoms with Crippen LogP contribution in [0.1, 0.15) is 6.85 Å². The van der Waals surface area contributed by atoms with Crippen LogP contribution < -0.4 is 4.90 Å². The number of para-hydroxylation sites is 2. The quantitative estimate of drug-likeness (QED) is 0.171. The number of hydrogen-bond acceptors (Lipinski definition) is 1. The zero-order valence-corrected chi connectivity index (χ0v) is 28.1. The van der Waals surface area contributed by atoms with Gasteiger partial charge in [0.25, 0.3) is 0 Å². The van der Waals surface area contributed by atoms with Crippen LogP contribution in [0.3, 0.4) is 0 Å². The van der Waals surface area contributed by atoms with Gasteiger partial charge in [0.2, 0.25) is 0 Å². The van der Waals surface area contributed by atoms with Crippen LogP contribution in [0.5, 0.6) is 0 Å². The fraction of sp³-hybridized carbons (Fsp3) is 0. The molecule has 10 aromatic rings. The van der Waals surface area contributed by atoms with Gasteiger partial charge in [-0.2, -0.15) is 0 Å². The fourth-order valence-corrected chi connectivity index (χ4v) is 7.71. The lowest BCUT2D eigenvalue weighted by atomic mass is 9.95. The second kappa shape index (κ2) is 12.5. The Bertz CT molecular complexity index is 3150. The van der Waals surface area contributed by atoms with E-state index < -0.39 is 6.04 Å². The third-order valence-electron chi connectivity index (χ3n) is 10.0. The minimum Gasteiger partial charge on any atom is -0.310 e. The molecule has 0 radical (unpaired) electrons. The summed E-state index contributed by atoms with van der Waals surface area (Å²) < 4.78 is 43.9. The lowest BCUT2D eigenvalue weighted by Crippen LogP contribution is -2.10. The van der Waals surface area contributed by atoms with E-state index in [2.05, 4.69) is 143 Å². The van der Waals surface area contributed by atoms with Crippen molar-refractivity contribution in [2.24, 2.45) is 0 Å². The standard InChI is InChI=1S/C50H34N2/c1-4-14-35(15-5-1)36-26-30-41(31-27-36)51(39-17-6-2-7-18-39)48-25-13-23-44-42(22-12-24-45(44)48)38-29-33-49-47(34-38)46-32-28-37-16-10-11-21-43(37)50(46)52(49)40-19-8-3-9-20-40/h1-34H/i1D,4D,5D,14D,15D. The molecule has 0 atom stereocenters. The average Bonchev–Trinajstić information content (AvgIpc) is 3.60. The summed E-state index contributed by atoms with van der Waals surface area (Å²) in [6.07, 6.45) is 0. The van der Waals surface area contributed by atoms with Crippen molar-refractivity contribution in [2.45, 2.75) is 0 Å². The van der Waals surface area contributed by atoms with E-state index in [1.807, 2.05) is 42.5 Å². The molecule has 0 amide bonds. The Kier molecular flexibility index (Phi) is 6.01. The van der Waals surface area contributed by atoms with E-state index in [0.29, 0.717) is 5.56 Å². The van der Waals surface area contributed by atoms with Crippen LogP contribution in [-0.4, -0.2) is 4.57 Å². The minimum atomic E-state index is -0.400. The highest BCUT2D eigenvalue weighted by Gasteiger charge is 2.19. The first-order valence-electron chi connectivity index (χ1n) is 19.9. The van der Waals surface area contributed by atoms with Gasteiger partial charge in [0.05, 0.1) is 23.6 Å². The van der Waals surface area contributed by atoms with E-state index in [1.165, 1.54) is 27.1 Å². The van der Waals surface area contributed by atoms with Crippen molar-refractivity contribution in [1.29, 1.82) is 0 Å². The molecule has 0 unspecified atom stereocenters. The Labute approximate surface area is 310 Å². The number of hydrogen-bond donors (Lipinski definition) is 0. The van der Waals surface area contributed by atoms with Gasteiger partial charge in [-0.3, -0.25) is 0 Å². The summed E-state index contributed by atoms with van der Waals surface area (Å²) >= 11 is 0. The van der Waals surface area contributed by atoms with E-state index in [1.54, 1.807) is 0 Å². The van der Waals surface area contributed by atoms with Gasteiger partial charge >= 0.3 is 0 Å². The van der Waals surface area contributed by atoms with E-state index in [9.17, 15) is 0 Å². The van der Waals surface area contributed by atoms with Gasteiger partial charge < -0.3 is 9.47 Å². The zero-order chi connectivity index (χ0) is 38.8. The van der Waals surface area contributed by atoms with Crippen molar-refractivity contribution in [3.05, 3.63) is 206 Å². The highest BCUT2D eigenvalue weighted by Crippen LogP contribution is 2.43. The van der Waals surface area contributed by atoms with Gasteiger partial charge in [-0.1, -0.05) is 152 Å². The van der Waals surface area contributed by atoms with Gasteiger partial charge in [0, 0.05) is 38.6 Å². The lowest BCUT2D eigenvalue weighted by molar-refractivity contribution is 1.19. The number of aromatic nitrogens is 1. The Morgan fingerprint density at radius 2 is 1.10 bits per heavy atom. The van der Waals surface area contributed by atoms with Crippen molar-refractivity contribution in [2.75, 3.05) is 4.90 Å². The predicted molar refractivity (Wildman–Crippen MR) is 221 cm³/mol. The molecule has 9 aromatic carbocycles. The fourth-order valence-electron chi connectivity index (χ4n) is 7.71. The second-order valence-corrected chi connectivity index (χ2v) is 13.0. The highest BCUT2D eigenvalue weighted by molar-refractivity contribution is 6.19. The molecular weight excluding hydrogens is 629 g/mol. The summed E-state index contributed by atoms with van der Waals surface area (Å²) in [5.41, 5.74) is 9.30. The molecule has 0 bridgehead atoms. The maximum absolute atomic E-state index is 8.53. The Hall–Kier alpha value is -6.90. The van der Waals surface area contributed by atoms with Gasteiger partial charge in [0.15, 0.2) is 0 Å². The van der Waals surface area contributed by atoms with E-state index in [-0.39, 0.29) is 29.7 Å². The number of fused-ring (bicyclic) bond motifs is 6. The van der Waals surface area contributed by atoms with E-state index in [0.717, 1.165) is 50.2 Å². The molecule has 0 saturated heterocycles. The van der Waals surface area contributed by atoms with Crippen molar-refractivity contribution < 1.29 is 6.85 Å². The normalized spacial score (nSPS) is 12.8. The summed E-state index contributed by atoms with van der Waals surface area (Å²) in [6.45, 7) is 0. The number of anilines is 3. The average molecular weight is 668 g/mol. The van der Waals surface area contributed by atoms with Gasteiger partial charge in [0.1, 0.15) is 0 Å². The van der Waals surface area contributed by atoms with Crippen LogP contribution in [0.15, 0.2) is 206 Å². The largest absolute Gasteiger partial charge is 0.310 e. The SMILES string of the molecule is [2H]c1c([2H])c([2H])c(-c2ccc(N(c3ccccc3)c3cccc4c(-c5ccc6c(c5)c5ccc7ccccc7c5n6-c5ccccc5)cccc34)cc2)c([2H])c1[2H]. The number of rotatable bonds is 6. The Balaban J connectivity index is 1.14. The van der Waals surface area contributed by atoms with Crippen molar-refractivity contribution >= 4 is 60.4 Å². The molecule has 0 spiro atoms. The smallest absolute Gasteiger partial charge is 0.0629 e. The maximum Gasteiger partial charge on any atom is 0.0629 e. The Morgan fingerprint density at radius 1 is 0.423 bits per heavy atom. The number of nitrogens with zero attached hydrogens (tertiary/aromatic N) is 2. The third-order valence-corrected chi connectivity index (χ3v) is 10.0. The Morgan fingerprint density at radius 3 is 1.92 bits per heavy atom. The second-order valence-electron chi connectivity index (χ2n) is 13.0. The molecule has 1 heterocycles. The van der Waals surface area contributed by atoms with Crippen LogP contribution in [0, 0.1) is 0 Å². The minimum absolute atomic E-state index is 0.186. The van der Waals surface area contributed by atoms with Gasteiger partial charge in [-0.25, -0.2) is 0 Å². The van der Waals surface area contributed by atoms with Crippen LogP contribution in [0.2, 0.25) is 0 Å². The van der Waals surface area contributed by atoms with Crippen molar-refractivity contribution in [3.8, 4) is 27.9 Å². The van der Waals surface area contributed by atoms with Crippen LogP contribution >= 0.6 is 0 Å². The molecule has 244 valence electrons. The summed E-state index contributed by atoms with van der Waals surface area (Å²) in [6, 6.07) is 59.6. The molecule has 10 rings (SSSR count). The summed E-state index contributed by atoms with van der Waals surface area (Å²) in [5, 5.41) is 7.01. The van der Waals surface area contributed by atoms with Gasteiger partial charge in [-0.15, -0.1) is 0 Å². The molecule has 2 heteroatoms. The molecule has 2 nitrogen and oxygen atoms in total. The monoisotopic (exact) mass is 667 g/mol. The molecule has 0 saturated carbocycles. The first kappa shape index (κ1) is 25.1. The van der Waals surface area contributed by atoms with E-state index in [4.69, 9.17) is 6.85 Å². The first-order valence-corrected chi connectivity index (χ1v) is 17.4. The zero-order valence-electron chi connectivity index (χ0n) is 33.1.